The number of rotatable bonds is 8. The quantitative estimate of drug-likeness (QED) is 0.481. The highest BCUT2D eigenvalue weighted by atomic mass is 32.2. The fourth-order valence-corrected chi connectivity index (χ4v) is 4.57. The number of methoxy groups -OCH3 is 1. The van der Waals surface area contributed by atoms with Crippen LogP contribution in [0.2, 0.25) is 0 Å². The molecule has 1 aliphatic heterocycles. The number of ether oxygens (including phenoxy) is 2. The van der Waals surface area contributed by atoms with Gasteiger partial charge in [0.1, 0.15) is 11.6 Å². The number of nitrogens with one attached hydrogen (secondary N) is 1. The van der Waals surface area contributed by atoms with Crippen molar-refractivity contribution in [2.75, 3.05) is 19.0 Å². The summed E-state index contributed by atoms with van der Waals surface area (Å²) < 4.78 is 26.6. The van der Waals surface area contributed by atoms with Gasteiger partial charge in [-0.1, -0.05) is 17.8 Å². The lowest BCUT2D eigenvalue weighted by atomic mass is 10.2. The van der Waals surface area contributed by atoms with Crippen LogP contribution in [0.25, 0.3) is 11.4 Å². The molecule has 1 fully saturated rings. The molecule has 2 heterocycles. The average molecular weight is 471 g/mol. The summed E-state index contributed by atoms with van der Waals surface area (Å²) in [7, 11) is 1.57. The molecule has 1 aromatic heterocycles. The number of hydrogen-bond donors (Lipinski definition) is 1. The Morgan fingerprint density at radius 2 is 2.09 bits per heavy atom. The second-order valence-electron chi connectivity index (χ2n) is 8.01. The van der Waals surface area contributed by atoms with Crippen molar-refractivity contribution in [1.82, 2.24) is 14.8 Å². The molecular formula is C24H27FN4O3S. The van der Waals surface area contributed by atoms with Gasteiger partial charge in [-0.25, -0.2) is 4.39 Å². The van der Waals surface area contributed by atoms with Crippen molar-refractivity contribution in [2.24, 2.45) is 0 Å². The molecule has 4 rings (SSSR count). The van der Waals surface area contributed by atoms with E-state index in [4.69, 9.17) is 9.47 Å². The minimum Gasteiger partial charge on any atom is -0.495 e. The van der Waals surface area contributed by atoms with Gasteiger partial charge in [0.25, 0.3) is 0 Å². The first-order valence-electron chi connectivity index (χ1n) is 10.9. The maximum absolute atomic E-state index is 13.4. The molecule has 1 saturated heterocycles. The molecule has 2 atom stereocenters. The molecule has 1 N–H and O–H groups in total. The summed E-state index contributed by atoms with van der Waals surface area (Å²) in [5, 5.41) is 11.8. The van der Waals surface area contributed by atoms with Crippen molar-refractivity contribution in [3.8, 4) is 17.1 Å². The van der Waals surface area contributed by atoms with Crippen LogP contribution >= 0.6 is 11.8 Å². The van der Waals surface area contributed by atoms with Crippen LogP contribution < -0.4 is 10.1 Å². The SMILES string of the molecule is COc1ccc(C)cc1NC(=O)C(C)Sc1nnc(-c2ccc(F)cc2)n1CC1CCCO1. The van der Waals surface area contributed by atoms with Gasteiger partial charge in [-0.05, 0) is 68.7 Å². The van der Waals surface area contributed by atoms with E-state index < -0.39 is 5.25 Å². The van der Waals surface area contributed by atoms with Gasteiger partial charge in [0.2, 0.25) is 5.91 Å². The molecule has 33 heavy (non-hydrogen) atoms. The summed E-state index contributed by atoms with van der Waals surface area (Å²) >= 11 is 1.32. The van der Waals surface area contributed by atoms with Crippen LogP contribution in [0.1, 0.15) is 25.3 Å². The molecule has 2 aromatic carbocycles. The largest absolute Gasteiger partial charge is 0.495 e. The van der Waals surface area contributed by atoms with E-state index >= 15 is 0 Å². The van der Waals surface area contributed by atoms with Gasteiger partial charge < -0.3 is 14.8 Å². The molecule has 2 unspecified atom stereocenters. The van der Waals surface area contributed by atoms with Gasteiger partial charge in [-0.2, -0.15) is 0 Å². The lowest BCUT2D eigenvalue weighted by molar-refractivity contribution is -0.115. The smallest absolute Gasteiger partial charge is 0.237 e. The highest BCUT2D eigenvalue weighted by Crippen LogP contribution is 2.31. The second kappa shape index (κ2) is 10.4. The molecule has 0 saturated carbocycles. The molecule has 7 nitrogen and oxygen atoms in total. The summed E-state index contributed by atoms with van der Waals surface area (Å²) in [6.07, 6.45) is 2.02. The maximum atomic E-state index is 13.4. The first-order chi connectivity index (χ1) is 15.9. The molecule has 0 bridgehead atoms. The van der Waals surface area contributed by atoms with Gasteiger partial charge in [0, 0.05) is 12.2 Å². The van der Waals surface area contributed by atoms with Crippen LogP contribution in [0.15, 0.2) is 47.6 Å². The number of carbonyl (C=O) groups excluding carboxylic acids is 1. The zero-order valence-corrected chi connectivity index (χ0v) is 19.7. The van der Waals surface area contributed by atoms with E-state index in [1.54, 1.807) is 19.2 Å². The van der Waals surface area contributed by atoms with Gasteiger partial charge >= 0.3 is 0 Å². The molecule has 1 aliphatic rings. The van der Waals surface area contributed by atoms with Crippen LogP contribution in [-0.2, 0) is 16.1 Å². The van der Waals surface area contributed by atoms with E-state index in [-0.39, 0.29) is 17.8 Å². The fraction of sp³-hybridized carbons (Fsp3) is 0.375. The van der Waals surface area contributed by atoms with E-state index in [0.29, 0.717) is 29.0 Å². The monoisotopic (exact) mass is 470 g/mol. The Kier molecular flexibility index (Phi) is 7.29. The molecular weight excluding hydrogens is 443 g/mol. The van der Waals surface area contributed by atoms with E-state index in [2.05, 4.69) is 15.5 Å². The number of aromatic nitrogens is 3. The Bertz CT molecular complexity index is 1110. The third kappa shape index (κ3) is 5.54. The van der Waals surface area contributed by atoms with Crippen molar-refractivity contribution in [3.05, 3.63) is 53.8 Å². The van der Waals surface area contributed by atoms with E-state index in [1.807, 2.05) is 36.6 Å². The number of hydrogen-bond acceptors (Lipinski definition) is 6. The molecule has 0 spiro atoms. The predicted molar refractivity (Wildman–Crippen MR) is 126 cm³/mol. The zero-order chi connectivity index (χ0) is 23.4. The normalized spacial score (nSPS) is 16.5. The van der Waals surface area contributed by atoms with Crippen LogP contribution in [0.3, 0.4) is 0 Å². The Morgan fingerprint density at radius 1 is 1.30 bits per heavy atom. The number of benzene rings is 2. The Morgan fingerprint density at radius 3 is 2.79 bits per heavy atom. The maximum Gasteiger partial charge on any atom is 0.237 e. The summed E-state index contributed by atoms with van der Waals surface area (Å²) in [6, 6.07) is 11.8. The van der Waals surface area contributed by atoms with Crippen molar-refractivity contribution in [2.45, 2.75) is 49.7 Å². The van der Waals surface area contributed by atoms with Crippen molar-refractivity contribution < 1.29 is 18.7 Å². The molecule has 9 heteroatoms. The van der Waals surface area contributed by atoms with Crippen molar-refractivity contribution >= 4 is 23.4 Å². The first-order valence-corrected chi connectivity index (χ1v) is 11.8. The molecule has 0 aliphatic carbocycles. The first kappa shape index (κ1) is 23.3. The molecule has 1 amide bonds. The third-order valence-electron chi connectivity index (χ3n) is 5.49. The Hall–Kier alpha value is -2.91. The minimum atomic E-state index is -0.441. The average Bonchev–Trinajstić information content (AvgIpc) is 3.45. The Labute approximate surface area is 196 Å². The standard InChI is InChI=1S/C24H27FN4O3S/c1-15-6-11-21(31-3)20(13-15)26-23(30)16(2)33-24-28-27-22(17-7-9-18(25)10-8-17)29(24)14-19-5-4-12-32-19/h6-11,13,16,19H,4-5,12,14H2,1-3H3,(H,26,30). The summed E-state index contributed by atoms with van der Waals surface area (Å²) in [5.74, 6) is 0.751. The minimum absolute atomic E-state index is 0.0558. The van der Waals surface area contributed by atoms with E-state index in [0.717, 1.165) is 30.6 Å². The predicted octanol–water partition coefficient (Wildman–Crippen LogP) is 4.70. The van der Waals surface area contributed by atoms with Gasteiger partial charge in [-0.15, -0.1) is 10.2 Å². The third-order valence-corrected chi connectivity index (χ3v) is 6.57. The molecule has 3 aromatic rings. The number of halogens is 1. The van der Waals surface area contributed by atoms with E-state index in [1.165, 1.54) is 23.9 Å². The lowest BCUT2D eigenvalue weighted by Crippen LogP contribution is -2.24. The second-order valence-corrected chi connectivity index (χ2v) is 9.32. The highest BCUT2D eigenvalue weighted by Gasteiger charge is 2.25. The number of anilines is 1. The van der Waals surface area contributed by atoms with Gasteiger partial charge in [0.15, 0.2) is 11.0 Å². The highest BCUT2D eigenvalue weighted by molar-refractivity contribution is 8.00. The van der Waals surface area contributed by atoms with Crippen LogP contribution in [0.5, 0.6) is 5.75 Å². The number of carbonyl (C=O) groups is 1. The number of amides is 1. The topological polar surface area (TPSA) is 78.3 Å². The summed E-state index contributed by atoms with van der Waals surface area (Å²) in [4.78, 5) is 13.0. The number of aryl methyl sites for hydroxylation is 1. The van der Waals surface area contributed by atoms with Gasteiger partial charge in [-0.3, -0.25) is 9.36 Å². The van der Waals surface area contributed by atoms with Gasteiger partial charge in [0.05, 0.1) is 30.7 Å². The summed E-state index contributed by atoms with van der Waals surface area (Å²) in [5.41, 5.74) is 2.41. The number of thioether (sulfide) groups is 1. The van der Waals surface area contributed by atoms with Crippen LogP contribution in [0, 0.1) is 12.7 Å². The van der Waals surface area contributed by atoms with Crippen molar-refractivity contribution in [3.63, 3.8) is 0 Å². The zero-order valence-electron chi connectivity index (χ0n) is 18.9. The van der Waals surface area contributed by atoms with Crippen LogP contribution in [0.4, 0.5) is 10.1 Å². The van der Waals surface area contributed by atoms with Crippen molar-refractivity contribution in [1.29, 1.82) is 0 Å². The molecule has 174 valence electrons. The fourth-order valence-electron chi connectivity index (χ4n) is 3.71. The van der Waals surface area contributed by atoms with E-state index in [9.17, 15) is 9.18 Å². The summed E-state index contributed by atoms with van der Waals surface area (Å²) in [6.45, 7) is 5.09. The number of nitrogens with zero attached hydrogens (tertiary/aromatic N) is 3. The van der Waals surface area contributed by atoms with Crippen LogP contribution in [-0.4, -0.2) is 45.7 Å². The Balaban J connectivity index is 1.55. The lowest BCUT2D eigenvalue weighted by Gasteiger charge is -2.17. The molecule has 0 radical (unpaired) electrons.